The summed E-state index contributed by atoms with van der Waals surface area (Å²) in [4.78, 5) is 11.2. The van der Waals surface area contributed by atoms with E-state index in [9.17, 15) is 10.5 Å². The molecule has 0 aromatic heterocycles. The lowest BCUT2D eigenvalue weighted by Gasteiger charge is -2.45. The van der Waals surface area contributed by atoms with Gasteiger partial charge in [0.15, 0.2) is 5.69 Å². The molecule has 0 bridgehead atoms. The topological polar surface area (TPSA) is 89.4 Å². The van der Waals surface area contributed by atoms with Crippen molar-refractivity contribution in [3.05, 3.63) is 218 Å². The monoisotopic (exact) mass is 1210 g/mol. The Morgan fingerprint density at radius 2 is 0.742 bits per heavy atom. The van der Waals surface area contributed by atoms with E-state index < -0.39 is 6.71 Å². The van der Waals surface area contributed by atoms with Crippen LogP contribution in [-0.4, -0.2) is 20.1 Å². The van der Waals surface area contributed by atoms with Gasteiger partial charge in [0.2, 0.25) is 0 Å². The van der Waals surface area contributed by atoms with Gasteiger partial charge in [-0.15, -0.1) is 0 Å². The van der Waals surface area contributed by atoms with Gasteiger partial charge in [0.1, 0.15) is 34.5 Å². The van der Waals surface area contributed by atoms with E-state index in [0.29, 0.717) is 39.8 Å². The smallest absolute Gasteiger partial charge is 0.256 e. The second kappa shape index (κ2) is 19.8. The Labute approximate surface area is 547 Å². The summed E-state index contributed by atoms with van der Waals surface area (Å²) < 4.78 is 21.7. The van der Waals surface area contributed by atoms with Crippen molar-refractivity contribution >= 4 is 126 Å². The molecule has 9 nitrogen and oxygen atoms in total. The summed E-state index contributed by atoms with van der Waals surface area (Å²) in [6, 6.07) is 57.9. The van der Waals surface area contributed by atoms with Crippen LogP contribution < -0.4 is 78.1 Å². The summed E-state index contributed by atoms with van der Waals surface area (Å²) in [7, 11) is 0. The molecule has 0 atom stereocenters. The lowest BCUT2D eigenvalue weighted by Crippen LogP contribution is -2.65. The number of fused-ring (bicyclic) bond motifs is 12. The Hall–Kier alpha value is -10.3. The van der Waals surface area contributed by atoms with E-state index in [4.69, 9.17) is 20.8 Å². The van der Waals surface area contributed by atoms with Crippen molar-refractivity contribution in [1.82, 2.24) is 0 Å². The summed E-state index contributed by atoms with van der Waals surface area (Å²) >= 11 is 0. The number of nitrogens with zero attached hydrogens (tertiary/aromatic N) is 6. The standard InChI is InChI=1S/C81H69B3N6O3/c1-43-25-45(3)77(46(4)26-43)89-63-39-62-56(82-59-33-52(80(10,11)12)19-23-68(59)91-71-31-49(41-85)29-65(74(71)82)88(62)55-21-17-51(18-22-55)79(7,8)9)37-57(63)84-61-38-58-64(40-70(61)93-72-32-50(42-86)30-66(89)75(72)84)90(78-47(5)27-44(2)28-48(78)6)67-35-54(87-16)36-73-76(67)83(58)60-34-53(81(13,14)15)20-24-69(60)92-73/h17-40H,1-15H3. The highest BCUT2D eigenvalue weighted by molar-refractivity contribution is 7.03. The molecule has 0 amide bonds. The van der Waals surface area contributed by atoms with Crippen molar-refractivity contribution in [3.8, 4) is 46.6 Å². The molecule has 6 aliphatic heterocycles. The predicted octanol–water partition coefficient (Wildman–Crippen LogP) is 14.9. The Morgan fingerprint density at radius 1 is 0.366 bits per heavy atom. The minimum Gasteiger partial charge on any atom is -0.460 e. The molecule has 6 aliphatic rings. The number of benzene rings is 10. The highest BCUT2D eigenvalue weighted by atomic mass is 16.5. The van der Waals surface area contributed by atoms with Gasteiger partial charge in [0.05, 0.1) is 41.2 Å². The number of hydrogen-bond donors (Lipinski definition) is 0. The number of ether oxygens (including phenoxy) is 3. The molecule has 16 rings (SSSR count). The Morgan fingerprint density at radius 3 is 1.18 bits per heavy atom. The summed E-state index contributed by atoms with van der Waals surface area (Å²) in [5, 5.41) is 22.2. The van der Waals surface area contributed by atoms with E-state index in [0.717, 1.165) is 145 Å². The lowest BCUT2D eigenvalue weighted by atomic mass is 9.29. The van der Waals surface area contributed by atoms with Crippen molar-refractivity contribution in [2.24, 2.45) is 0 Å². The first-order chi connectivity index (χ1) is 44.3. The number of rotatable bonds is 3. The van der Waals surface area contributed by atoms with Gasteiger partial charge in [-0.05, 0) is 213 Å². The molecule has 0 spiro atoms. The van der Waals surface area contributed by atoms with Crippen LogP contribution in [0.4, 0.5) is 56.9 Å². The van der Waals surface area contributed by atoms with E-state index in [2.05, 4.69) is 251 Å². The Kier molecular flexibility index (Phi) is 12.3. The first-order valence-electron chi connectivity index (χ1n) is 32.4. The zero-order valence-electron chi connectivity index (χ0n) is 55.5. The molecule has 0 aliphatic carbocycles. The maximum Gasteiger partial charge on any atom is 0.256 e. The molecule has 450 valence electrons. The Bertz CT molecular complexity index is 5130. The van der Waals surface area contributed by atoms with Crippen LogP contribution in [0.15, 0.2) is 146 Å². The molecule has 10 aromatic rings. The predicted molar refractivity (Wildman–Crippen MR) is 384 cm³/mol. The molecule has 6 heterocycles. The number of hydrogen-bond acceptors (Lipinski definition) is 8. The van der Waals surface area contributed by atoms with Gasteiger partial charge in [-0.3, -0.25) is 0 Å². The van der Waals surface area contributed by atoms with Crippen molar-refractivity contribution in [2.75, 3.05) is 14.7 Å². The molecule has 0 saturated heterocycles. The van der Waals surface area contributed by atoms with Gasteiger partial charge in [0.25, 0.3) is 20.1 Å². The Balaban J connectivity index is 1.05. The quantitative estimate of drug-likeness (QED) is 0.128. The van der Waals surface area contributed by atoms with Crippen molar-refractivity contribution in [3.63, 3.8) is 0 Å². The second-order valence-corrected chi connectivity index (χ2v) is 29.9. The maximum absolute atomic E-state index is 11.3. The first kappa shape index (κ1) is 57.8. The third-order valence-corrected chi connectivity index (χ3v) is 20.4. The van der Waals surface area contributed by atoms with Crippen LogP contribution in [0, 0.1) is 70.8 Å². The van der Waals surface area contributed by atoms with Crippen molar-refractivity contribution in [1.29, 1.82) is 10.5 Å². The average molecular weight is 1210 g/mol. The minimum absolute atomic E-state index is 0.100. The van der Waals surface area contributed by atoms with E-state index >= 15 is 0 Å². The largest absolute Gasteiger partial charge is 0.460 e. The molecule has 0 radical (unpaired) electrons. The number of aryl methyl sites for hydroxylation is 6. The van der Waals surface area contributed by atoms with Crippen LogP contribution in [0.5, 0.6) is 34.5 Å². The third-order valence-electron chi connectivity index (χ3n) is 20.4. The molecular formula is C81H69B3N6O3. The van der Waals surface area contributed by atoms with Crippen molar-refractivity contribution < 1.29 is 14.2 Å². The normalized spacial score (nSPS) is 14.1. The fraction of sp³-hybridized carbons (Fsp3) is 0.222. The molecule has 0 N–H and O–H groups in total. The average Bonchev–Trinajstić information content (AvgIpc) is 0.691. The summed E-state index contributed by atoms with van der Waals surface area (Å²) in [6.07, 6.45) is 0. The highest BCUT2D eigenvalue weighted by Crippen LogP contribution is 2.51. The van der Waals surface area contributed by atoms with Crippen molar-refractivity contribution in [2.45, 2.75) is 120 Å². The molecular weight excluding hydrogens is 1140 g/mol. The number of nitriles is 2. The zero-order valence-corrected chi connectivity index (χ0v) is 55.5. The number of anilines is 9. The van der Waals surface area contributed by atoms with Gasteiger partial charge in [-0.25, -0.2) is 4.85 Å². The van der Waals surface area contributed by atoms with Crippen LogP contribution in [0.3, 0.4) is 0 Å². The molecule has 12 heteroatoms. The third kappa shape index (κ3) is 8.59. The molecule has 0 unspecified atom stereocenters. The molecule has 10 aromatic carbocycles. The van der Waals surface area contributed by atoms with Gasteiger partial charge >= 0.3 is 0 Å². The maximum atomic E-state index is 11.3. The summed E-state index contributed by atoms with van der Waals surface area (Å²) in [6.45, 7) is 40.8. The van der Waals surface area contributed by atoms with Gasteiger partial charge in [-0.2, -0.15) is 10.5 Å². The zero-order chi connectivity index (χ0) is 65.0. The summed E-state index contributed by atoms with van der Waals surface area (Å²) in [5.74, 6) is 4.16. The van der Waals surface area contributed by atoms with Crippen LogP contribution >= 0.6 is 0 Å². The van der Waals surface area contributed by atoms with E-state index in [1.165, 1.54) is 16.7 Å². The van der Waals surface area contributed by atoms with Crippen LogP contribution in [0.1, 0.15) is 124 Å². The molecule has 0 saturated carbocycles. The molecule has 93 heavy (non-hydrogen) atoms. The first-order valence-corrected chi connectivity index (χ1v) is 32.4. The van der Waals surface area contributed by atoms with Crippen LogP contribution in [0.25, 0.3) is 4.85 Å². The van der Waals surface area contributed by atoms with Gasteiger partial charge in [0, 0.05) is 45.9 Å². The van der Waals surface area contributed by atoms with Crippen LogP contribution in [-0.2, 0) is 16.2 Å². The fourth-order valence-corrected chi connectivity index (χ4v) is 16.3. The lowest BCUT2D eigenvalue weighted by molar-refractivity contribution is 0.486. The van der Waals surface area contributed by atoms with E-state index in [1.807, 2.05) is 30.3 Å². The van der Waals surface area contributed by atoms with Gasteiger partial charge in [-0.1, -0.05) is 146 Å². The fourth-order valence-electron chi connectivity index (χ4n) is 16.3. The SMILES string of the molecule is [C-]#[N+]c1cc2c3c(c1)N(c1c(C)cc(C)cc1C)c1cc4c(cc1B3c1cc(C(C)(C)C)ccc1O2)B1c2cc3c(cc2N(c2c(C)cc(C)cc2C)c2cc(C#N)cc(c21)O4)N(c1ccc(C(C)(C)C)cc1)c1cc(C#N)cc2c1B3c1cc(C(C)(C)C)ccc1O2. The minimum atomic E-state index is -0.428. The highest BCUT2D eigenvalue weighted by Gasteiger charge is 2.51. The second-order valence-electron chi connectivity index (χ2n) is 29.9. The molecule has 0 fully saturated rings. The van der Waals surface area contributed by atoms with Crippen LogP contribution in [0.2, 0.25) is 0 Å². The summed E-state index contributed by atoms with van der Waals surface area (Å²) in [5.41, 5.74) is 29.3. The van der Waals surface area contributed by atoms with E-state index in [1.54, 1.807) is 0 Å². The van der Waals surface area contributed by atoms with E-state index in [-0.39, 0.29) is 29.7 Å². The van der Waals surface area contributed by atoms with Gasteiger partial charge < -0.3 is 28.9 Å².